The zero-order valence-electron chi connectivity index (χ0n) is 23.5. The van der Waals surface area contributed by atoms with Crippen molar-refractivity contribution in [3.05, 3.63) is 35.4 Å². The maximum absolute atomic E-state index is 13.1. The van der Waals surface area contributed by atoms with E-state index < -0.39 is 41.3 Å². The molecular formula is C28H44N2O7. The molecule has 0 unspecified atom stereocenters. The third kappa shape index (κ3) is 13.7. The number of ketones is 1. The molecule has 1 rings (SSSR count). The molecule has 0 fully saturated rings. The number of aryl methyl sites for hydroxylation is 1. The average molecular weight is 521 g/mol. The van der Waals surface area contributed by atoms with Gasteiger partial charge in [-0.2, -0.15) is 0 Å². The lowest BCUT2D eigenvalue weighted by Gasteiger charge is -2.25. The Balaban J connectivity index is 2.86. The van der Waals surface area contributed by atoms with Crippen LogP contribution in [0.2, 0.25) is 0 Å². The smallest absolute Gasteiger partial charge is 0.408 e. The van der Waals surface area contributed by atoms with Crippen LogP contribution in [-0.4, -0.2) is 46.3 Å². The second-order valence-corrected chi connectivity index (χ2v) is 11.7. The first kappa shape index (κ1) is 31.9. The fourth-order valence-corrected chi connectivity index (χ4v) is 3.68. The third-order valence-corrected chi connectivity index (χ3v) is 5.29. The van der Waals surface area contributed by atoms with Crippen molar-refractivity contribution < 1.29 is 33.8 Å². The van der Waals surface area contributed by atoms with E-state index in [9.17, 15) is 24.3 Å². The largest absolute Gasteiger partial charge is 0.481 e. The van der Waals surface area contributed by atoms with E-state index >= 15 is 0 Å². The Morgan fingerprint density at radius 3 is 1.95 bits per heavy atom. The molecule has 0 saturated carbocycles. The summed E-state index contributed by atoms with van der Waals surface area (Å²) in [7, 11) is 0. The van der Waals surface area contributed by atoms with Crippen molar-refractivity contribution in [1.82, 2.24) is 10.6 Å². The van der Waals surface area contributed by atoms with Gasteiger partial charge in [0.2, 0.25) is 0 Å². The maximum Gasteiger partial charge on any atom is 0.408 e. The highest BCUT2D eigenvalue weighted by Crippen LogP contribution is 2.20. The van der Waals surface area contributed by atoms with Crippen molar-refractivity contribution in [2.75, 3.05) is 0 Å². The van der Waals surface area contributed by atoms with Gasteiger partial charge in [0, 0.05) is 13.0 Å². The highest BCUT2D eigenvalue weighted by molar-refractivity contribution is 5.90. The number of nitrogens with one attached hydrogen (secondary N) is 2. The molecule has 0 aliphatic rings. The van der Waals surface area contributed by atoms with E-state index in [1.807, 2.05) is 38.1 Å². The summed E-state index contributed by atoms with van der Waals surface area (Å²) in [6.45, 7) is 14.6. The van der Waals surface area contributed by atoms with E-state index in [4.69, 9.17) is 9.47 Å². The molecule has 2 amide bonds. The van der Waals surface area contributed by atoms with Gasteiger partial charge in [-0.05, 0) is 77.8 Å². The lowest BCUT2D eigenvalue weighted by Crippen LogP contribution is -2.45. The molecule has 9 nitrogen and oxygen atoms in total. The van der Waals surface area contributed by atoms with Crippen LogP contribution in [0.15, 0.2) is 24.3 Å². The van der Waals surface area contributed by atoms with E-state index in [0.717, 1.165) is 11.1 Å². The summed E-state index contributed by atoms with van der Waals surface area (Å²) in [6, 6.07) is 6.58. The first-order valence-electron chi connectivity index (χ1n) is 12.8. The predicted octanol–water partition coefficient (Wildman–Crippen LogP) is 5.24. The standard InChI is InChI=1S/C28H44N2O7/c1-18(2)15-22(30-26(35)37-28(6,7)8)23(31)16-20(24(32)33)14-13-19-11-9-10-12-21(19)17-29-25(34)36-27(3,4)5/h9-12,18,20,22H,13-17H2,1-8H3,(H,29,34)(H,30,35)(H,32,33)/t20-,22-/m0/s1. The summed E-state index contributed by atoms with van der Waals surface area (Å²) < 4.78 is 10.6. The molecule has 0 spiro atoms. The van der Waals surface area contributed by atoms with Crippen molar-refractivity contribution in [3.8, 4) is 0 Å². The molecule has 2 atom stereocenters. The predicted molar refractivity (Wildman–Crippen MR) is 141 cm³/mol. The Morgan fingerprint density at radius 1 is 0.892 bits per heavy atom. The normalized spacial score (nSPS) is 13.4. The summed E-state index contributed by atoms with van der Waals surface area (Å²) in [6.07, 6.45) is -0.435. The molecule has 0 radical (unpaired) electrons. The van der Waals surface area contributed by atoms with Crippen LogP contribution >= 0.6 is 0 Å². The third-order valence-electron chi connectivity index (χ3n) is 5.29. The number of amides is 2. The van der Waals surface area contributed by atoms with Gasteiger partial charge in [0.25, 0.3) is 0 Å². The van der Waals surface area contributed by atoms with E-state index in [1.54, 1.807) is 41.5 Å². The number of rotatable bonds is 12. The van der Waals surface area contributed by atoms with Crippen LogP contribution in [-0.2, 0) is 32.0 Å². The molecular weight excluding hydrogens is 476 g/mol. The van der Waals surface area contributed by atoms with Gasteiger partial charge < -0.3 is 25.2 Å². The maximum atomic E-state index is 13.1. The molecule has 3 N–H and O–H groups in total. The molecule has 0 aliphatic carbocycles. The van der Waals surface area contributed by atoms with Gasteiger partial charge in [0.05, 0.1) is 12.0 Å². The van der Waals surface area contributed by atoms with Crippen molar-refractivity contribution in [3.63, 3.8) is 0 Å². The first-order chi connectivity index (χ1) is 17.0. The molecule has 0 bridgehead atoms. The molecule has 0 saturated heterocycles. The second-order valence-electron chi connectivity index (χ2n) is 11.7. The van der Waals surface area contributed by atoms with Crippen molar-refractivity contribution in [2.24, 2.45) is 11.8 Å². The summed E-state index contributed by atoms with van der Waals surface area (Å²) in [5.41, 5.74) is 0.387. The Hall–Kier alpha value is -3.10. The van der Waals surface area contributed by atoms with Gasteiger partial charge in [-0.1, -0.05) is 38.1 Å². The number of hydrogen-bond acceptors (Lipinski definition) is 6. The molecule has 37 heavy (non-hydrogen) atoms. The second kappa shape index (κ2) is 14.0. The number of benzene rings is 1. The number of carbonyl (C=O) groups excluding carboxylic acids is 3. The monoisotopic (exact) mass is 520 g/mol. The summed E-state index contributed by atoms with van der Waals surface area (Å²) in [5.74, 6) is -2.23. The van der Waals surface area contributed by atoms with Crippen LogP contribution in [0.4, 0.5) is 9.59 Å². The molecule has 0 aromatic heterocycles. The van der Waals surface area contributed by atoms with Crippen LogP contribution < -0.4 is 10.6 Å². The van der Waals surface area contributed by atoms with Crippen LogP contribution in [0.1, 0.15) is 85.8 Å². The van der Waals surface area contributed by atoms with Gasteiger partial charge >= 0.3 is 18.2 Å². The van der Waals surface area contributed by atoms with Crippen molar-refractivity contribution >= 4 is 23.9 Å². The number of alkyl carbamates (subject to hydrolysis) is 2. The van der Waals surface area contributed by atoms with Gasteiger partial charge in [0.15, 0.2) is 5.78 Å². The van der Waals surface area contributed by atoms with E-state index in [-0.39, 0.29) is 31.1 Å². The first-order valence-corrected chi connectivity index (χ1v) is 12.8. The molecule has 1 aromatic rings. The van der Waals surface area contributed by atoms with Gasteiger partial charge in [-0.3, -0.25) is 9.59 Å². The fourth-order valence-electron chi connectivity index (χ4n) is 3.68. The zero-order valence-corrected chi connectivity index (χ0v) is 23.5. The van der Waals surface area contributed by atoms with E-state index in [1.165, 1.54) is 0 Å². The zero-order chi connectivity index (χ0) is 28.4. The lowest BCUT2D eigenvalue weighted by molar-refractivity contribution is -0.144. The Morgan fingerprint density at radius 2 is 1.43 bits per heavy atom. The highest BCUT2D eigenvalue weighted by Gasteiger charge is 2.29. The topological polar surface area (TPSA) is 131 Å². The van der Waals surface area contributed by atoms with Crippen molar-refractivity contribution in [1.29, 1.82) is 0 Å². The number of aliphatic carboxylic acids is 1. The van der Waals surface area contributed by atoms with Crippen molar-refractivity contribution in [2.45, 2.75) is 105 Å². The highest BCUT2D eigenvalue weighted by atomic mass is 16.6. The van der Waals surface area contributed by atoms with Crippen LogP contribution in [0.5, 0.6) is 0 Å². The van der Waals surface area contributed by atoms with Crippen LogP contribution in [0.25, 0.3) is 0 Å². The Kier molecular flexibility index (Phi) is 12.1. The number of carboxylic acid groups (broad SMARTS) is 1. The van der Waals surface area contributed by atoms with Gasteiger partial charge in [-0.25, -0.2) is 9.59 Å². The Labute approximate surface area is 220 Å². The minimum Gasteiger partial charge on any atom is -0.481 e. The van der Waals surface area contributed by atoms with Crippen LogP contribution in [0.3, 0.4) is 0 Å². The summed E-state index contributed by atoms with van der Waals surface area (Å²) in [4.78, 5) is 49.4. The SMILES string of the molecule is CC(C)C[C@H](NC(=O)OC(C)(C)C)C(=O)C[C@H](CCc1ccccc1CNC(=O)OC(C)(C)C)C(=O)O. The van der Waals surface area contributed by atoms with Gasteiger partial charge in [0.1, 0.15) is 11.2 Å². The minimum absolute atomic E-state index is 0.108. The fraction of sp³-hybridized carbons (Fsp3) is 0.643. The summed E-state index contributed by atoms with van der Waals surface area (Å²) in [5, 5.41) is 15.2. The molecule has 0 heterocycles. The molecule has 0 aliphatic heterocycles. The minimum atomic E-state index is -1.07. The number of hydrogen-bond donors (Lipinski definition) is 3. The van der Waals surface area contributed by atoms with Crippen LogP contribution in [0, 0.1) is 11.8 Å². The molecule has 1 aromatic carbocycles. The molecule has 208 valence electrons. The van der Waals surface area contributed by atoms with E-state index in [0.29, 0.717) is 12.8 Å². The Bertz CT molecular complexity index is 929. The van der Waals surface area contributed by atoms with Gasteiger partial charge in [-0.15, -0.1) is 0 Å². The van der Waals surface area contributed by atoms with E-state index in [2.05, 4.69) is 10.6 Å². The number of carbonyl (C=O) groups is 4. The number of Topliss-reactive ketones (excluding diaryl/α,β-unsaturated/α-hetero) is 1. The number of ether oxygens (including phenoxy) is 2. The summed E-state index contributed by atoms with van der Waals surface area (Å²) >= 11 is 0. The average Bonchev–Trinajstić information content (AvgIpc) is 2.72. The lowest BCUT2D eigenvalue weighted by atomic mass is 9.89. The number of carboxylic acids is 1. The molecule has 9 heteroatoms. The quantitative estimate of drug-likeness (QED) is 0.343.